The van der Waals surface area contributed by atoms with Gasteiger partial charge in [0, 0.05) is 34.9 Å². The number of aromatic hydroxyl groups is 1. The molecule has 8 heteroatoms. The summed E-state index contributed by atoms with van der Waals surface area (Å²) in [6, 6.07) is 21.0. The highest BCUT2D eigenvalue weighted by atomic mass is 31.1. The largest absolute Gasteiger partial charge is 0.507 e. The normalized spacial score (nSPS) is 11.6. The first-order valence-corrected chi connectivity index (χ1v) is 13.0. The molecular weight excluding hydrogens is 469 g/mol. The van der Waals surface area contributed by atoms with Crippen LogP contribution in [0.15, 0.2) is 102 Å². The van der Waals surface area contributed by atoms with Crippen LogP contribution in [0.2, 0.25) is 0 Å². The molecule has 0 saturated heterocycles. The van der Waals surface area contributed by atoms with Crippen molar-refractivity contribution >= 4 is 37.1 Å². The number of phenols is 1. The lowest BCUT2D eigenvalue weighted by Gasteiger charge is -2.13. The molecule has 0 saturated carbocycles. The number of anilines is 2. The zero-order valence-corrected chi connectivity index (χ0v) is 20.8. The summed E-state index contributed by atoms with van der Waals surface area (Å²) < 4.78 is 7.14. The van der Waals surface area contributed by atoms with E-state index >= 15 is 0 Å². The fourth-order valence-corrected chi connectivity index (χ4v) is 4.41. The van der Waals surface area contributed by atoms with Gasteiger partial charge in [-0.15, -0.1) is 0 Å². The number of benzene rings is 2. The minimum atomic E-state index is 0.195. The topological polar surface area (TPSA) is 87.6 Å². The molecule has 7 nitrogen and oxygen atoms in total. The predicted octanol–water partition coefficient (Wildman–Crippen LogP) is 5.88. The first kappa shape index (κ1) is 23.4. The lowest BCUT2D eigenvalue weighted by atomic mass is 10.1. The molecule has 0 bridgehead atoms. The van der Waals surface area contributed by atoms with E-state index in [0.717, 1.165) is 39.5 Å². The van der Waals surface area contributed by atoms with Gasteiger partial charge < -0.3 is 20.2 Å². The first-order chi connectivity index (χ1) is 17.6. The monoisotopic (exact) mass is 495 g/mol. The third-order valence-electron chi connectivity index (χ3n) is 5.62. The predicted molar refractivity (Wildman–Crippen MR) is 148 cm³/mol. The molecule has 3 aromatic heterocycles. The van der Waals surface area contributed by atoms with Gasteiger partial charge in [-0.2, -0.15) is 9.61 Å². The number of hydrogen-bond donors (Lipinski definition) is 3. The Kier molecular flexibility index (Phi) is 6.83. The van der Waals surface area contributed by atoms with E-state index in [1.54, 1.807) is 18.4 Å². The van der Waals surface area contributed by atoms with Crippen molar-refractivity contribution in [1.29, 1.82) is 0 Å². The Morgan fingerprint density at radius 1 is 1.14 bits per heavy atom. The number of hydrogen-bond acceptors (Lipinski definition) is 6. The van der Waals surface area contributed by atoms with Gasteiger partial charge in [0.1, 0.15) is 17.3 Å². The van der Waals surface area contributed by atoms with E-state index in [0.29, 0.717) is 26.4 Å². The van der Waals surface area contributed by atoms with Crippen LogP contribution in [0.1, 0.15) is 11.3 Å². The van der Waals surface area contributed by atoms with Gasteiger partial charge in [0.15, 0.2) is 5.65 Å². The van der Waals surface area contributed by atoms with E-state index in [-0.39, 0.29) is 5.75 Å². The van der Waals surface area contributed by atoms with E-state index in [1.165, 1.54) is 0 Å². The SMILES string of the molecule is C=C(/C=C/c1ccco1)Nc1cccc(CNc2cc(-c3ccccc3O)nc3c(PC)cnn23)c1. The molecule has 2 aromatic carbocycles. The Labute approximate surface area is 211 Å². The van der Waals surface area contributed by atoms with Crippen LogP contribution in [-0.2, 0) is 6.54 Å². The Balaban J connectivity index is 1.36. The summed E-state index contributed by atoms with van der Waals surface area (Å²) in [7, 11) is 0.555. The number of nitrogens with one attached hydrogen (secondary N) is 2. The maximum atomic E-state index is 10.4. The third kappa shape index (κ3) is 5.16. The summed E-state index contributed by atoms with van der Waals surface area (Å²) in [5, 5.41) is 22.8. The lowest BCUT2D eigenvalue weighted by Crippen LogP contribution is -2.08. The molecule has 0 aliphatic rings. The fourth-order valence-electron chi connectivity index (χ4n) is 3.84. The average molecular weight is 496 g/mol. The number of aromatic nitrogens is 3. The Morgan fingerprint density at radius 3 is 2.83 bits per heavy atom. The summed E-state index contributed by atoms with van der Waals surface area (Å²) in [4.78, 5) is 4.81. The van der Waals surface area contributed by atoms with Gasteiger partial charge >= 0.3 is 0 Å². The summed E-state index contributed by atoms with van der Waals surface area (Å²) in [5.74, 6) is 1.76. The Morgan fingerprint density at radius 2 is 2.03 bits per heavy atom. The molecule has 0 amide bonds. The quantitative estimate of drug-likeness (QED) is 0.175. The van der Waals surface area contributed by atoms with Gasteiger partial charge in [-0.3, -0.25) is 0 Å². The molecule has 0 fully saturated rings. The highest BCUT2D eigenvalue weighted by molar-refractivity contribution is 7.46. The zero-order valence-electron chi connectivity index (χ0n) is 19.8. The van der Waals surface area contributed by atoms with Crippen LogP contribution < -0.4 is 15.9 Å². The van der Waals surface area contributed by atoms with Crippen LogP contribution in [0.3, 0.4) is 0 Å². The molecule has 1 unspecified atom stereocenters. The molecule has 1 atom stereocenters. The van der Waals surface area contributed by atoms with E-state index in [9.17, 15) is 5.11 Å². The minimum absolute atomic E-state index is 0.195. The molecule has 0 aliphatic carbocycles. The van der Waals surface area contributed by atoms with Crippen LogP contribution in [-0.4, -0.2) is 26.4 Å². The van der Waals surface area contributed by atoms with Gasteiger partial charge in [0.25, 0.3) is 0 Å². The van der Waals surface area contributed by atoms with Gasteiger partial charge in [0.05, 0.1) is 18.2 Å². The number of allylic oxidation sites excluding steroid dienone is 1. The molecule has 3 heterocycles. The van der Waals surface area contributed by atoms with E-state index in [2.05, 4.69) is 41.1 Å². The molecule has 0 radical (unpaired) electrons. The number of fused-ring (bicyclic) bond motifs is 1. The van der Waals surface area contributed by atoms with Crippen LogP contribution >= 0.6 is 8.58 Å². The number of nitrogens with zero attached hydrogens (tertiary/aromatic N) is 3. The van der Waals surface area contributed by atoms with E-state index in [4.69, 9.17) is 9.40 Å². The summed E-state index contributed by atoms with van der Waals surface area (Å²) in [5.41, 5.74) is 4.94. The van der Waals surface area contributed by atoms with E-state index in [1.807, 2.05) is 65.3 Å². The summed E-state index contributed by atoms with van der Waals surface area (Å²) >= 11 is 0. The summed E-state index contributed by atoms with van der Waals surface area (Å²) in [6.45, 7) is 6.75. The van der Waals surface area contributed by atoms with Crippen molar-refractivity contribution in [2.24, 2.45) is 0 Å². The highest BCUT2D eigenvalue weighted by Crippen LogP contribution is 2.30. The standard InChI is InChI=1S/C28H26N5O2P/c1-19(12-13-22-9-6-14-35-22)31-21-8-5-7-20(15-21)17-29-27-16-24(23-10-3-4-11-25(23)34)32-28-26(36-2)18-30-33(27)28/h3-16,18,29,31,34,36H,1,17H2,2H3/b13-12+. The highest BCUT2D eigenvalue weighted by Gasteiger charge is 2.14. The first-order valence-electron chi connectivity index (χ1n) is 11.5. The Hall–Kier alpha value is -4.35. The number of rotatable bonds is 9. The molecule has 36 heavy (non-hydrogen) atoms. The smallest absolute Gasteiger partial charge is 0.165 e. The second kappa shape index (κ2) is 10.5. The second-order valence-electron chi connectivity index (χ2n) is 8.14. The lowest BCUT2D eigenvalue weighted by molar-refractivity contribution is 0.477. The number of phenolic OH excluding ortho intramolecular Hbond substituents is 1. The average Bonchev–Trinajstić information content (AvgIpc) is 3.56. The van der Waals surface area contributed by atoms with Gasteiger partial charge in [-0.25, -0.2) is 4.98 Å². The third-order valence-corrected chi connectivity index (χ3v) is 6.51. The molecule has 180 valence electrons. The molecular formula is C28H26N5O2P. The maximum absolute atomic E-state index is 10.4. The van der Waals surface area contributed by atoms with Crippen LogP contribution in [0, 0.1) is 0 Å². The zero-order chi connectivity index (χ0) is 24.9. The fraction of sp³-hybridized carbons (Fsp3) is 0.0714. The van der Waals surface area contributed by atoms with Gasteiger partial charge in [0.2, 0.25) is 0 Å². The minimum Gasteiger partial charge on any atom is -0.507 e. The van der Waals surface area contributed by atoms with Crippen molar-refractivity contribution in [3.63, 3.8) is 0 Å². The van der Waals surface area contributed by atoms with Crippen molar-refractivity contribution in [1.82, 2.24) is 14.6 Å². The second-order valence-corrected chi connectivity index (χ2v) is 9.18. The molecule has 0 spiro atoms. The number of para-hydroxylation sites is 1. The van der Waals surface area contributed by atoms with Crippen molar-refractivity contribution < 1.29 is 9.52 Å². The van der Waals surface area contributed by atoms with E-state index < -0.39 is 0 Å². The van der Waals surface area contributed by atoms with Crippen molar-refractivity contribution in [3.05, 3.63) is 109 Å². The van der Waals surface area contributed by atoms with Gasteiger partial charge in [-0.1, -0.05) is 39.4 Å². The molecule has 3 N–H and O–H groups in total. The van der Waals surface area contributed by atoms with Crippen LogP contribution in [0.4, 0.5) is 11.5 Å². The summed E-state index contributed by atoms with van der Waals surface area (Å²) in [6.07, 6.45) is 7.24. The van der Waals surface area contributed by atoms with Crippen LogP contribution in [0.5, 0.6) is 5.75 Å². The van der Waals surface area contributed by atoms with Crippen molar-refractivity contribution in [2.45, 2.75) is 6.54 Å². The van der Waals surface area contributed by atoms with Crippen molar-refractivity contribution in [2.75, 3.05) is 17.3 Å². The Bertz CT molecular complexity index is 1540. The number of furan rings is 1. The molecule has 0 aliphatic heterocycles. The maximum Gasteiger partial charge on any atom is 0.165 e. The van der Waals surface area contributed by atoms with Crippen LogP contribution in [0.25, 0.3) is 23.0 Å². The van der Waals surface area contributed by atoms with Crippen molar-refractivity contribution in [3.8, 4) is 17.0 Å². The van der Waals surface area contributed by atoms with Gasteiger partial charge in [-0.05, 0) is 60.8 Å². The molecule has 5 rings (SSSR count). The molecule has 5 aromatic rings.